The molecule has 4 nitrogen and oxygen atoms in total. The Labute approximate surface area is 98.0 Å². The Bertz CT molecular complexity index is 417. The number of carbonyl (C=O) groups is 1. The van der Waals surface area contributed by atoms with Crippen LogP contribution >= 0.6 is 0 Å². The average Bonchev–Trinajstić information content (AvgIpc) is 2.65. The van der Waals surface area contributed by atoms with Gasteiger partial charge in [0.05, 0.1) is 0 Å². The summed E-state index contributed by atoms with van der Waals surface area (Å²) in [5, 5.41) is 2.63. The number of nitrogens with zero attached hydrogens (tertiary/aromatic N) is 2. The number of hydrogen-bond acceptors (Lipinski definition) is 2. The molecule has 0 radical (unpaired) electrons. The summed E-state index contributed by atoms with van der Waals surface area (Å²) >= 11 is 0. The van der Waals surface area contributed by atoms with E-state index in [9.17, 15) is 13.6 Å². The van der Waals surface area contributed by atoms with Crippen LogP contribution in [-0.2, 0) is 18.3 Å². The third-order valence-electron chi connectivity index (χ3n) is 2.98. The van der Waals surface area contributed by atoms with Crippen LogP contribution in [0.15, 0.2) is 12.4 Å². The molecule has 1 aliphatic rings. The van der Waals surface area contributed by atoms with E-state index in [2.05, 4.69) is 10.3 Å². The summed E-state index contributed by atoms with van der Waals surface area (Å²) in [4.78, 5) is 15.4. The van der Waals surface area contributed by atoms with Crippen molar-refractivity contribution >= 4 is 5.91 Å². The zero-order valence-corrected chi connectivity index (χ0v) is 9.62. The maximum absolute atomic E-state index is 12.6. The van der Waals surface area contributed by atoms with Crippen molar-refractivity contribution in [2.45, 2.75) is 25.2 Å². The average molecular weight is 243 g/mol. The Hall–Kier alpha value is -1.46. The van der Waals surface area contributed by atoms with Gasteiger partial charge in [-0.3, -0.25) is 4.79 Å². The lowest BCUT2D eigenvalue weighted by molar-refractivity contribution is -0.122. The Kier molecular flexibility index (Phi) is 3.13. The highest BCUT2D eigenvalue weighted by atomic mass is 19.3. The number of aromatic nitrogens is 2. The lowest BCUT2D eigenvalue weighted by Gasteiger charge is -2.05. The molecule has 0 saturated heterocycles. The van der Waals surface area contributed by atoms with Gasteiger partial charge in [0.1, 0.15) is 5.82 Å². The molecule has 0 bridgehead atoms. The number of carbonyl (C=O) groups excluding carboxylic acids is 1. The smallest absolute Gasteiger partial charge is 0.252 e. The van der Waals surface area contributed by atoms with Gasteiger partial charge in [-0.2, -0.15) is 0 Å². The fourth-order valence-corrected chi connectivity index (χ4v) is 1.74. The van der Waals surface area contributed by atoms with E-state index in [4.69, 9.17) is 0 Å². The summed E-state index contributed by atoms with van der Waals surface area (Å²) in [6, 6.07) is 0. The molecule has 17 heavy (non-hydrogen) atoms. The molecule has 1 saturated carbocycles. The monoisotopic (exact) mass is 243 g/mol. The minimum Gasteiger partial charge on any atom is -0.356 e. The van der Waals surface area contributed by atoms with E-state index < -0.39 is 11.8 Å². The van der Waals surface area contributed by atoms with Crippen LogP contribution < -0.4 is 5.32 Å². The van der Waals surface area contributed by atoms with Gasteiger partial charge in [-0.25, -0.2) is 13.8 Å². The number of nitrogens with one attached hydrogen (secondary N) is 1. The SMILES string of the molecule is Cn1ccnc1CCNC(=O)C[C@@H]1CC1(F)F. The van der Waals surface area contributed by atoms with E-state index in [0.717, 1.165) is 5.82 Å². The van der Waals surface area contributed by atoms with E-state index in [0.29, 0.717) is 13.0 Å². The van der Waals surface area contributed by atoms with Crippen LogP contribution in [0.25, 0.3) is 0 Å². The Morgan fingerprint density at radius 2 is 2.41 bits per heavy atom. The van der Waals surface area contributed by atoms with Gasteiger partial charge in [0.15, 0.2) is 0 Å². The molecule has 1 amide bonds. The summed E-state index contributed by atoms with van der Waals surface area (Å²) in [5.41, 5.74) is 0. The molecule has 1 fully saturated rings. The van der Waals surface area contributed by atoms with Crippen LogP contribution in [0.1, 0.15) is 18.7 Å². The molecule has 1 N–H and O–H groups in total. The van der Waals surface area contributed by atoms with Crippen LogP contribution in [0.5, 0.6) is 0 Å². The lowest BCUT2D eigenvalue weighted by atomic mass is 10.2. The summed E-state index contributed by atoms with van der Waals surface area (Å²) in [6.45, 7) is 0.433. The minimum absolute atomic E-state index is 0.0758. The van der Waals surface area contributed by atoms with Crippen molar-refractivity contribution in [2.24, 2.45) is 13.0 Å². The van der Waals surface area contributed by atoms with Gasteiger partial charge in [0.25, 0.3) is 5.92 Å². The highest BCUT2D eigenvalue weighted by molar-refractivity contribution is 5.76. The van der Waals surface area contributed by atoms with Crippen LogP contribution in [0, 0.1) is 5.92 Å². The second kappa shape index (κ2) is 4.43. The fourth-order valence-electron chi connectivity index (χ4n) is 1.74. The van der Waals surface area contributed by atoms with Gasteiger partial charge in [-0.15, -0.1) is 0 Å². The second-order valence-corrected chi connectivity index (χ2v) is 4.42. The molecule has 1 aliphatic carbocycles. The molecule has 0 unspecified atom stereocenters. The van der Waals surface area contributed by atoms with Crippen molar-refractivity contribution < 1.29 is 13.6 Å². The predicted octanol–water partition coefficient (Wildman–Crippen LogP) is 1.12. The topological polar surface area (TPSA) is 46.9 Å². The molecule has 1 aromatic heterocycles. The molecule has 1 atom stereocenters. The number of alkyl halides is 2. The van der Waals surface area contributed by atoms with Crippen molar-refractivity contribution in [2.75, 3.05) is 6.54 Å². The van der Waals surface area contributed by atoms with Crippen molar-refractivity contribution in [1.82, 2.24) is 14.9 Å². The van der Waals surface area contributed by atoms with Gasteiger partial charge in [-0.05, 0) is 0 Å². The first-order valence-corrected chi connectivity index (χ1v) is 5.60. The number of hydrogen-bond donors (Lipinski definition) is 1. The van der Waals surface area contributed by atoms with Crippen molar-refractivity contribution in [1.29, 1.82) is 0 Å². The lowest BCUT2D eigenvalue weighted by Crippen LogP contribution is -2.27. The first kappa shape index (κ1) is 12.0. The van der Waals surface area contributed by atoms with Gasteiger partial charge < -0.3 is 9.88 Å². The van der Waals surface area contributed by atoms with Crippen LogP contribution in [0.2, 0.25) is 0 Å². The highest BCUT2D eigenvalue weighted by Gasteiger charge is 2.57. The summed E-state index contributed by atoms with van der Waals surface area (Å²) in [5.74, 6) is -2.81. The van der Waals surface area contributed by atoms with Crippen LogP contribution in [-0.4, -0.2) is 27.9 Å². The maximum atomic E-state index is 12.6. The first-order valence-electron chi connectivity index (χ1n) is 5.60. The number of halogens is 2. The number of amides is 1. The van der Waals surface area contributed by atoms with E-state index in [1.165, 1.54) is 0 Å². The zero-order chi connectivity index (χ0) is 12.5. The normalized spacial score (nSPS) is 21.2. The third-order valence-corrected chi connectivity index (χ3v) is 2.98. The van der Waals surface area contributed by atoms with Gasteiger partial charge >= 0.3 is 0 Å². The Morgan fingerprint density at radius 1 is 1.71 bits per heavy atom. The second-order valence-electron chi connectivity index (χ2n) is 4.42. The third kappa shape index (κ3) is 3.01. The molecular weight excluding hydrogens is 228 g/mol. The predicted molar refractivity (Wildman–Crippen MR) is 57.6 cm³/mol. The van der Waals surface area contributed by atoms with Crippen LogP contribution in [0.3, 0.4) is 0 Å². The molecule has 94 valence electrons. The van der Waals surface area contributed by atoms with Crippen molar-refractivity contribution in [3.63, 3.8) is 0 Å². The van der Waals surface area contributed by atoms with E-state index in [1.807, 2.05) is 17.8 Å². The largest absolute Gasteiger partial charge is 0.356 e. The fraction of sp³-hybridized carbons (Fsp3) is 0.636. The Morgan fingerprint density at radius 3 is 2.94 bits per heavy atom. The molecule has 1 heterocycles. The van der Waals surface area contributed by atoms with Crippen molar-refractivity contribution in [3.05, 3.63) is 18.2 Å². The molecular formula is C11H15F2N3O. The number of rotatable bonds is 5. The summed E-state index contributed by atoms with van der Waals surface area (Å²) in [7, 11) is 1.87. The quantitative estimate of drug-likeness (QED) is 0.842. The first-order chi connectivity index (χ1) is 7.99. The Balaban J connectivity index is 1.66. The summed E-state index contributed by atoms with van der Waals surface area (Å²) < 4.78 is 27.0. The molecule has 0 aliphatic heterocycles. The van der Waals surface area contributed by atoms with Crippen molar-refractivity contribution in [3.8, 4) is 0 Å². The maximum Gasteiger partial charge on any atom is 0.252 e. The number of imidazole rings is 1. The summed E-state index contributed by atoms with van der Waals surface area (Å²) in [6.07, 6.45) is 3.88. The standard InChI is InChI=1S/C11H15F2N3O/c1-16-5-4-14-9(16)2-3-15-10(17)6-8-7-11(8,12)13/h4-5,8H,2-3,6-7H2,1H3,(H,15,17)/t8-/m1/s1. The minimum atomic E-state index is -2.61. The molecule has 0 aromatic carbocycles. The molecule has 1 aromatic rings. The van der Waals surface area contributed by atoms with E-state index in [-0.39, 0.29) is 18.7 Å². The highest BCUT2D eigenvalue weighted by Crippen LogP contribution is 2.50. The molecule has 2 rings (SSSR count). The van der Waals surface area contributed by atoms with Gasteiger partial charge in [-0.1, -0.05) is 0 Å². The van der Waals surface area contributed by atoms with E-state index >= 15 is 0 Å². The van der Waals surface area contributed by atoms with Gasteiger partial charge in [0, 0.05) is 51.2 Å². The molecule has 0 spiro atoms. The zero-order valence-electron chi connectivity index (χ0n) is 9.62. The number of aryl methyl sites for hydroxylation is 1. The van der Waals surface area contributed by atoms with Crippen LogP contribution in [0.4, 0.5) is 8.78 Å². The van der Waals surface area contributed by atoms with Gasteiger partial charge in [0.2, 0.25) is 5.91 Å². The van der Waals surface area contributed by atoms with E-state index in [1.54, 1.807) is 6.20 Å². The molecule has 6 heteroatoms.